The minimum absolute atomic E-state index is 0.0956. The number of nitrogens with zero attached hydrogens (tertiary/aromatic N) is 3. The maximum absolute atomic E-state index is 13.1. The van der Waals surface area contributed by atoms with Crippen molar-refractivity contribution >= 4 is 29.3 Å². The van der Waals surface area contributed by atoms with E-state index in [1.54, 1.807) is 20.2 Å². The molecule has 1 aliphatic heterocycles. The van der Waals surface area contributed by atoms with E-state index in [2.05, 4.69) is 10.4 Å². The van der Waals surface area contributed by atoms with Crippen LogP contribution in [-0.4, -0.2) is 54.8 Å². The van der Waals surface area contributed by atoms with Gasteiger partial charge in [-0.1, -0.05) is 41.9 Å². The van der Waals surface area contributed by atoms with Crippen molar-refractivity contribution in [2.45, 2.75) is 19.4 Å². The Bertz CT molecular complexity index is 963. The first-order valence-electron chi connectivity index (χ1n) is 9.72. The highest BCUT2D eigenvalue weighted by Crippen LogP contribution is 2.36. The Kier molecular flexibility index (Phi) is 6.95. The van der Waals surface area contributed by atoms with Gasteiger partial charge in [-0.15, -0.1) is 0 Å². The van der Waals surface area contributed by atoms with Gasteiger partial charge in [-0.05, 0) is 30.7 Å². The van der Waals surface area contributed by atoms with Gasteiger partial charge in [-0.25, -0.2) is 9.80 Å². The molecule has 0 fully saturated rings. The van der Waals surface area contributed by atoms with Crippen molar-refractivity contribution in [2.24, 2.45) is 5.10 Å². The number of ether oxygens (including phenoxy) is 1. The Balaban J connectivity index is 1.91. The summed E-state index contributed by atoms with van der Waals surface area (Å²) in [5.74, 6) is 0.428. The second kappa shape index (κ2) is 9.63. The van der Waals surface area contributed by atoms with Gasteiger partial charge in [0.2, 0.25) is 0 Å². The Morgan fingerprint density at radius 1 is 1.27 bits per heavy atom. The van der Waals surface area contributed by atoms with Crippen molar-refractivity contribution < 1.29 is 14.3 Å². The number of hydrogen-bond acceptors (Lipinski definition) is 4. The van der Waals surface area contributed by atoms with Gasteiger partial charge in [0.1, 0.15) is 12.3 Å². The molecule has 1 unspecified atom stereocenters. The van der Waals surface area contributed by atoms with E-state index in [0.29, 0.717) is 23.7 Å². The molecule has 0 saturated carbocycles. The molecule has 1 aliphatic rings. The van der Waals surface area contributed by atoms with Crippen molar-refractivity contribution in [3.05, 3.63) is 64.7 Å². The lowest BCUT2D eigenvalue weighted by Gasteiger charge is -2.25. The maximum atomic E-state index is 13.1. The van der Waals surface area contributed by atoms with Crippen molar-refractivity contribution in [2.75, 3.05) is 27.2 Å². The zero-order valence-electron chi connectivity index (χ0n) is 17.3. The second-order valence-electron chi connectivity index (χ2n) is 6.95. The van der Waals surface area contributed by atoms with E-state index in [0.717, 1.165) is 16.8 Å². The van der Waals surface area contributed by atoms with E-state index >= 15 is 0 Å². The Labute approximate surface area is 181 Å². The second-order valence-corrected chi connectivity index (χ2v) is 7.36. The van der Waals surface area contributed by atoms with Crippen LogP contribution in [-0.2, 0) is 4.79 Å². The average molecular weight is 429 g/mol. The van der Waals surface area contributed by atoms with Crippen LogP contribution in [0, 0.1) is 0 Å². The summed E-state index contributed by atoms with van der Waals surface area (Å²) >= 11 is 6.43. The van der Waals surface area contributed by atoms with E-state index in [9.17, 15) is 9.59 Å². The van der Waals surface area contributed by atoms with Crippen LogP contribution in [0.15, 0.2) is 53.6 Å². The van der Waals surface area contributed by atoms with Gasteiger partial charge in [-0.2, -0.15) is 5.10 Å². The van der Waals surface area contributed by atoms with E-state index in [1.807, 2.05) is 49.4 Å². The molecule has 8 heteroatoms. The number of nitrogens with one attached hydrogen (secondary N) is 1. The number of methoxy groups -OCH3 is 1. The normalized spacial score (nSPS) is 15.5. The lowest BCUT2D eigenvalue weighted by Crippen LogP contribution is -2.43. The van der Waals surface area contributed by atoms with Crippen molar-refractivity contribution in [3.63, 3.8) is 0 Å². The highest BCUT2D eigenvalue weighted by molar-refractivity contribution is 6.31. The first-order chi connectivity index (χ1) is 14.4. The van der Waals surface area contributed by atoms with Crippen LogP contribution in [0.1, 0.15) is 30.5 Å². The molecule has 3 rings (SSSR count). The summed E-state index contributed by atoms with van der Waals surface area (Å²) in [4.78, 5) is 26.5. The van der Waals surface area contributed by atoms with Crippen molar-refractivity contribution in [1.82, 2.24) is 15.2 Å². The van der Waals surface area contributed by atoms with Crippen LogP contribution < -0.4 is 10.1 Å². The molecule has 0 spiro atoms. The molecule has 2 aromatic rings. The van der Waals surface area contributed by atoms with Crippen LogP contribution in [0.5, 0.6) is 5.75 Å². The Hall–Kier alpha value is -3.06. The Morgan fingerprint density at radius 3 is 2.73 bits per heavy atom. The third-order valence-electron chi connectivity index (χ3n) is 4.88. The number of hydrazone groups is 1. The number of rotatable bonds is 6. The number of carbonyl (C=O) groups excluding carboxylic acids is 2. The van der Waals surface area contributed by atoms with Gasteiger partial charge < -0.3 is 15.0 Å². The molecular formula is C22H25ClN4O3. The van der Waals surface area contributed by atoms with Crippen molar-refractivity contribution in [1.29, 1.82) is 0 Å². The molecule has 2 aromatic carbocycles. The average Bonchev–Trinajstić information content (AvgIpc) is 3.19. The number of carbonyl (C=O) groups is 2. The fourth-order valence-corrected chi connectivity index (χ4v) is 3.60. The van der Waals surface area contributed by atoms with E-state index in [1.165, 1.54) is 9.91 Å². The van der Waals surface area contributed by atoms with Gasteiger partial charge >= 0.3 is 6.03 Å². The van der Waals surface area contributed by atoms with Gasteiger partial charge in [-0.3, -0.25) is 4.79 Å². The summed E-state index contributed by atoms with van der Waals surface area (Å²) in [6.45, 7) is 2.22. The van der Waals surface area contributed by atoms with Gasteiger partial charge in [0.25, 0.3) is 5.91 Å². The fraction of sp³-hybridized carbons (Fsp3) is 0.318. The number of urea groups is 1. The first-order valence-corrected chi connectivity index (χ1v) is 10.1. The molecule has 0 aliphatic carbocycles. The molecule has 0 bridgehead atoms. The summed E-state index contributed by atoms with van der Waals surface area (Å²) in [5, 5.41) is 9.31. The van der Waals surface area contributed by atoms with Gasteiger partial charge in [0.05, 0.1) is 18.9 Å². The van der Waals surface area contributed by atoms with Crippen LogP contribution in [0.3, 0.4) is 0 Å². The third kappa shape index (κ3) is 4.74. The third-order valence-corrected chi connectivity index (χ3v) is 5.22. The molecule has 1 N–H and O–H groups in total. The zero-order valence-corrected chi connectivity index (χ0v) is 18.0. The summed E-state index contributed by atoms with van der Waals surface area (Å²) in [5.41, 5.74) is 2.45. The van der Waals surface area contributed by atoms with E-state index in [4.69, 9.17) is 16.3 Å². The lowest BCUT2D eigenvalue weighted by molar-refractivity contribution is -0.133. The molecule has 0 radical (unpaired) electrons. The largest absolute Gasteiger partial charge is 0.497 e. The number of likely N-dealkylation sites (N-methyl/N-ethyl adjacent to an activating group) is 1. The maximum Gasteiger partial charge on any atom is 0.317 e. The molecule has 1 atom stereocenters. The molecule has 0 saturated heterocycles. The summed E-state index contributed by atoms with van der Waals surface area (Å²) < 4.78 is 5.31. The number of benzene rings is 2. The number of amides is 3. The molecule has 0 aromatic heterocycles. The fourth-order valence-electron chi connectivity index (χ4n) is 3.34. The molecule has 30 heavy (non-hydrogen) atoms. The smallest absolute Gasteiger partial charge is 0.317 e. The summed E-state index contributed by atoms with van der Waals surface area (Å²) in [7, 11) is 3.19. The minimum Gasteiger partial charge on any atom is -0.497 e. The van der Waals surface area contributed by atoms with Gasteiger partial charge in [0, 0.05) is 30.6 Å². The van der Waals surface area contributed by atoms with Crippen LogP contribution in [0.25, 0.3) is 0 Å². The highest BCUT2D eigenvalue weighted by Gasteiger charge is 2.35. The lowest BCUT2D eigenvalue weighted by atomic mass is 9.98. The summed E-state index contributed by atoms with van der Waals surface area (Å²) in [6, 6.07) is 14.3. The molecule has 7 nitrogen and oxygen atoms in total. The molecule has 1 heterocycles. The predicted octanol–water partition coefficient (Wildman–Crippen LogP) is 3.69. The highest BCUT2D eigenvalue weighted by atomic mass is 35.5. The molecule has 158 valence electrons. The SMILES string of the molecule is CCNC(=O)N(C)CC(=O)N1N=C(c2cccc(OC)c2)CC1c1ccccc1Cl. The standard InChI is InChI=1S/C22H25ClN4O3/c1-4-24-22(29)26(2)14-21(28)27-20(17-10-5-6-11-18(17)23)13-19(25-27)15-8-7-9-16(12-15)30-3/h5-12,20H,4,13-14H2,1-3H3,(H,24,29). The monoisotopic (exact) mass is 428 g/mol. The Morgan fingerprint density at radius 2 is 2.03 bits per heavy atom. The minimum atomic E-state index is -0.352. The van der Waals surface area contributed by atoms with E-state index < -0.39 is 0 Å². The predicted molar refractivity (Wildman–Crippen MR) is 117 cm³/mol. The number of hydrogen-bond donors (Lipinski definition) is 1. The van der Waals surface area contributed by atoms with E-state index in [-0.39, 0.29) is 24.5 Å². The molecular weight excluding hydrogens is 404 g/mol. The van der Waals surface area contributed by atoms with Crippen LogP contribution >= 0.6 is 11.6 Å². The zero-order chi connectivity index (χ0) is 21.7. The molecule has 3 amide bonds. The quantitative estimate of drug-likeness (QED) is 0.762. The first kappa shape index (κ1) is 21.6. The number of halogens is 1. The van der Waals surface area contributed by atoms with Gasteiger partial charge in [0.15, 0.2) is 0 Å². The van der Waals surface area contributed by atoms with Crippen molar-refractivity contribution in [3.8, 4) is 5.75 Å². The topological polar surface area (TPSA) is 74.2 Å². The van der Waals surface area contributed by atoms with Crippen LogP contribution in [0.4, 0.5) is 4.79 Å². The van der Waals surface area contributed by atoms with Crippen LogP contribution in [0.2, 0.25) is 5.02 Å². The summed E-state index contributed by atoms with van der Waals surface area (Å²) in [6.07, 6.45) is 0.507.